The third-order valence-electron chi connectivity index (χ3n) is 3.53. The summed E-state index contributed by atoms with van der Waals surface area (Å²) >= 11 is 0. The first-order valence-electron chi connectivity index (χ1n) is 6.21. The highest BCUT2D eigenvalue weighted by Gasteiger charge is 2.45. The Labute approximate surface area is 114 Å². The highest BCUT2D eigenvalue weighted by Crippen LogP contribution is 2.32. The SMILES string of the molecule is O=C(Cc1ccccc1[N+](=O)[O-])NC1(C(=O)O)CCC1. The molecule has 0 bridgehead atoms. The number of carboxylic acids is 1. The van der Waals surface area contributed by atoms with Gasteiger partial charge in [0, 0.05) is 11.6 Å². The summed E-state index contributed by atoms with van der Waals surface area (Å²) in [6.07, 6.45) is 1.33. The van der Waals surface area contributed by atoms with E-state index in [0.29, 0.717) is 12.8 Å². The molecule has 0 aromatic heterocycles. The van der Waals surface area contributed by atoms with Gasteiger partial charge in [-0.25, -0.2) is 4.79 Å². The van der Waals surface area contributed by atoms with Crippen LogP contribution in [0.3, 0.4) is 0 Å². The van der Waals surface area contributed by atoms with Crippen molar-refractivity contribution < 1.29 is 19.6 Å². The Hall–Kier alpha value is -2.44. The molecule has 106 valence electrons. The van der Waals surface area contributed by atoms with Crippen LogP contribution in [0.4, 0.5) is 5.69 Å². The number of nitrogens with zero attached hydrogens (tertiary/aromatic N) is 1. The van der Waals surface area contributed by atoms with E-state index < -0.39 is 22.3 Å². The number of carbonyl (C=O) groups is 2. The van der Waals surface area contributed by atoms with Crippen LogP contribution in [0.5, 0.6) is 0 Å². The summed E-state index contributed by atoms with van der Waals surface area (Å²) in [4.78, 5) is 33.3. The third-order valence-corrected chi connectivity index (χ3v) is 3.53. The van der Waals surface area contributed by atoms with E-state index in [1.165, 1.54) is 18.2 Å². The van der Waals surface area contributed by atoms with Crippen LogP contribution in [0.1, 0.15) is 24.8 Å². The first-order chi connectivity index (χ1) is 9.44. The van der Waals surface area contributed by atoms with Crippen molar-refractivity contribution >= 4 is 17.6 Å². The average Bonchev–Trinajstić information content (AvgIpc) is 2.33. The summed E-state index contributed by atoms with van der Waals surface area (Å²) in [5.74, 6) is -1.57. The predicted molar refractivity (Wildman–Crippen MR) is 69.2 cm³/mol. The molecule has 1 amide bonds. The van der Waals surface area contributed by atoms with Gasteiger partial charge in [0.1, 0.15) is 5.54 Å². The first kappa shape index (κ1) is 14.0. The van der Waals surface area contributed by atoms with E-state index in [-0.39, 0.29) is 17.7 Å². The average molecular weight is 278 g/mol. The second kappa shape index (κ2) is 5.28. The number of aliphatic carboxylic acids is 1. The van der Waals surface area contributed by atoms with E-state index in [1.54, 1.807) is 6.07 Å². The van der Waals surface area contributed by atoms with Crippen molar-refractivity contribution in [3.05, 3.63) is 39.9 Å². The summed E-state index contributed by atoms with van der Waals surface area (Å²) in [6.45, 7) is 0. The number of amides is 1. The molecule has 1 saturated carbocycles. The van der Waals surface area contributed by atoms with Crippen LogP contribution in [0, 0.1) is 10.1 Å². The molecule has 0 spiro atoms. The molecule has 0 radical (unpaired) electrons. The van der Waals surface area contributed by atoms with Crippen molar-refractivity contribution in [2.75, 3.05) is 0 Å². The highest BCUT2D eigenvalue weighted by atomic mass is 16.6. The lowest BCUT2D eigenvalue weighted by atomic mass is 9.76. The van der Waals surface area contributed by atoms with Crippen LogP contribution >= 0.6 is 0 Å². The van der Waals surface area contributed by atoms with Crippen molar-refractivity contribution in [2.45, 2.75) is 31.2 Å². The second-order valence-electron chi connectivity index (χ2n) is 4.85. The van der Waals surface area contributed by atoms with Crippen LogP contribution in [0.15, 0.2) is 24.3 Å². The molecule has 0 heterocycles. The number of benzene rings is 1. The predicted octanol–water partition coefficient (Wildman–Crippen LogP) is 1.26. The number of nitrogens with one attached hydrogen (secondary N) is 1. The first-order valence-corrected chi connectivity index (χ1v) is 6.21. The molecular weight excluding hydrogens is 264 g/mol. The lowest BCUT2D eigenvalue weighted by molar-refractivity contribution is -0.385. The molecule has 0 unspecified atom stereocenters. The number of para-hydroxylation sites is 1. The van der Waals surface area contributed by atoms with Gasteiger partial charge in [0.2, 0.25) is 5.91 Å². The van der Waals surface area contributed by atoms with Gasteiger partial charge in [-0.05, 0) is 19.3 Å². The number of hydrogen-bond acceptors (Lipinski definition) is 4. The molecule has 0 aliphatic heterocycles. The van der Waals surface area contributed by atoms with Crippen LogP contribution in [-0.2, 0) is 16.0 Å². The standard InChI is InChI=1S/C13H14N2O5/c16-11(14-13(12(17)18)6-3-7-13)8-9-4-1-2-5-10(9)15(19)20/h1-2,4-5H,3,6-8H2,(H,14,16)(H,17,18). The fraction of sp³-hybridized carbons (Fsp3) is 0.385. The molecule has 1 aromatic rings. The third kappa shape index (κ3) is 2.61. The maximum Gasteiger partial charge on any atom is 0.329 e. The minimum atomic E-state index is -1.19. The van der Waals surface area contributed by atoms with E-state index in [1.807, 2.05) is 0 Å². The molecule has 1 aromatic carbocycles. The minimum Gasteiger partial charge on any atom is -0.480 e. The molecule has 7 heteroatoms. The molecule has 7 nitrogen and oxygen atoms in total. The molecular formula is C13H14N2O5. The minimum absolute atomic E-state index is 0.138. The number of nitro benzene ring substituents is 1. The molecule has 1 aliphatic rings. The lowest BCUT2D eigenvalue weighted by Gasteiger charge is -2.38. The van der Waals surface area contributed by atoms with Crippen LogP contribution in [0.2, 0.25) is 0 Å². The maximum atomic E-state index is 11.9. The van der Waals surface area contributed by atoms with Gasteiger partial charge in [-0.1, -0.05) is 18.2 Å². The Bertz CT molecular complexity index is 566. The number of nitro groups is 1. The Morgan fingerprint density at radius 3 is 2.50 bits per heavy atom. The van der Waals surface area contributed by atoms with E-state index in [9.17, 15) is 19.7 Å². The summed E-state index contributed by atoms with van der Waals surface area (Å²) < 4.78 is 0. The number of carboxylic acid groups (broad SMARTS) is 1. The molecule has 0 saturated heterocycles. The summed E-state index contributed by atoms with van der Waals surface area (Å²) in [5, 5.41) is 22.4. The largest absolute Gasteiger partial charge is 0.480 e. The Morgan fingerprint density at radius 1 is 1.35 bits per heavy atom. The van der Waals surface area contributed by atoms with E-state index in [0.717, 1.165) is 6.42 Å². The van der Waals surface area contributed by atoms with Crippen molar-refractivity contribution in [3.8, 4) is 0 Å². The molecule has 20 heavy (non-hydrogen) atoms. The number of rotatable bonds is 5. The van der Waals surface area contributed by atoms with E-state index in [2.05, 4.69) is 5.32 Å². The van der Waals surface area contributed by atoms with Gasteiger partial charge in [0.15, 0.2) is 0 Å². The van der Waals surface area contributed by atoms with Gasteiger partial charge in [-0.3, -0.25) is 14.9 Å². The zero-order valence-corrected chi connectivity index (χ0v) is 10.7. The smallest absolute Gasteiger partial charge is 0.329 e. The zero-order valence-electron chi connectivity index (χ0n) is 10.7. The number of carbonyl (C=O) groups excluding carboxylic acids is 1. The topological polar surface area (TPSA) is 110 Å². The number of hydrogen-bond donors (Lipinski definition) is 2. The van der Waals surface area contributed by atoms with Crippen molar-refractivity contribution in [1.29, 1.82) is 0 Å². The van der Waals surface area contributed by atoms with E-state index >= 15 is 0 Å². The lowest BCUT2D eigenvalue weighted by Crippen LogP contribution is -2.59. The van der Waals surface area contributed by atoms with Crippen LogP contribution in [-0.4, -0.2) is 27.4 Å². The maximum absolute atomic E-state index is 11.9. The molecule has 1 aliphatic carbocycles. The van der Waals surface area contributed by atoms with Gasteiger partial charge in [0.25, 0.3) is 5.69 Å². The highest BCUT2D eigenvalue weighted by molar-refractivity contribution is 5.89. The zero-order chi connectivity index (χ0) is 14.8. The Kier molecular flexibility index (Phi) is 3.69. The van der Waals surface area contributed by atoms with Gasteiger partial charge in [0.05, 0.1) is 11.3 Å². The second-order valence-corrected chi connectivity index (χ2v) is 4.85. The van der Waals surface area contributed by atoms with Gasteiger partial charge < -0.3 is 10.4 Å². The molecule has 0 atom stereocenters. The van der Waals surface area contributed by atoms with E-state index in [4.69, 9.17) is 5.11 Å². The monoisotopic (exact) mass is 278 g/mol. The summed E-state index contributed by atoms with van der Waals surface area (Å²) in [5.41, 5.74) is -1.06. The van der Waals surface area contributed by atoms with Crippen molar-refractivity contribution in [1.82, 2.24) is 5.32 Å². The van der Waals surface area contributed by atoms with Crippen molar-refractivity contribution in [3.63, 3.8) is 0 Å². The summed E-state index contributed by atoms with van der Waals surface area (Å²) in [7, 11) is 0. The fourth-order valence-corrected chi connectivity index (χ4v) is 2.25. The molecule has 2 rings (SSSR count). The molecule has 1 fully saturated rings. The Morgan fingerprint density at radius 2 is 2.00 bits per heavy atom. The quantitative estimate of drug-likeness (QED) is 0.622. The van der Waals surface area contributed by atoms with Crippen LogP contribution in [0.25, 0.3) is 0 Å². The van der Waals surface area contributed by atoms with Crippen LogP contribution < -0.4 is 5.32 Å². The normalized spacial score (nSPS) is 16.0. The molecule has 2 N–H and O–H groups in total. The van der Waals surface area contributed by atoms with Gasteiger partial charge >= 0.3 is 5.97 Å². The van der Waals surface area contributed by atoms with Crippen molar-refractivity contribution in [2.24, 2.45) is 0 Å². The fourth-order valence-electron chi connectivity index (χ4n) is 2.25. The Balaban J connectivity index is 2.09. The van der Waals surface area contributed by atoms with Gasteiger partial charge in [-0.15, -0.1) is 0 Å². The van der Waals surface area contributed by atoms with Gasteiger partial charge in [-0.2, -0.15) is 0 Å². The summed E-state index contributed by atoms with van der Waals surface area (Å²) in [6, 6.07) is 5.93.